The minimum atomic E-state index is -1.31. The number of halogens is 1. The average Bonchev–Trinajstić information content (AvgIpc) is 3.63. The molecular formula is C30H31ClN2O3. The van der Waals surface area contributed by atoms with E-state index in [9.17, 15) is 10.2 Å². The zero-order chi connectivity index (χ0) is 25.3. The fraction of sp³-hybridized carbons (Fsp3) is 0.300. The van der Waals surface area contributed by atoms with Crippen LogP contribution in [0, 0.1) is 6.92 Å². The molecule has 1 unspecified atom stereocenters. The van der Waals surface area contributed by atoms with Gasteiger partial charge in [-0.15, -0.1) is 0 Å². The number of hydrogen-bond donors (Lipinski definition) is 3. The number of aliphatic hydroxyl groups excluding tert-OH is 1. The first-order chi connectivity index (χ1) is 17.4. The minimum absolute atomic E-state index is 0.238. The van der Waals surface area contributed by atoms with Crippen molar-refractivity contribution < 1.29 is 14.7 Å². The van der Waals surface area contributed by atoms with Crippen LogP contribution in [0.3, 0.4) is 0 Å². The van der Waals surface area contributed by atoms with E-state index < -0.39 is 11.7 Å². The highest BCUT2D eigenvalue weighted by molar-refractivity contribution is 6.30. The number of anilines is 1. The lowest BCUT2D eigenvalue weighted by Gasteiger charge is -2.18. The van der Waals surface area contributed by atoms with Crippen LogP contribution >= 0.6 is 11.6 Å². The SMILES string of the molecule is Cc1noc(-c2ccc(-c3ccc(C4(C(O)O)CC4)cc3)cc2)c1NC(C)CCc1ccc(Cl)cc1. The van der Waals surface area contributed by atoms with Gasteiger partial charge in [-0.25, -0.2) is 0 Å². The van der Waals surface area contributed by atoms with Gasteiger partial charge in [-0.05, 0) is 73.9 Å². The summed E-state index contributed by atoms with van der Waals surface area (Å²) < 4.78 is 5.71. The topological polar surface area (TPSA) is 78.5 Å². The van der Waals surface area contributed by atoms with Gasteiger partial charge < -0.3 is 20.1 Å². The largest absolute Gasteiger partial charge is 0.378 e. The number of nitrogens with one attached hydrogen (secondary N) is 1. The maximum atomic E-state index is 9.72. The van der Waals surface area contributed by atoms with Gasteiger partial charge in [0.05, 0.1) is 0 Å². The molecule has 0 radical (unpaired) electrons. The lowest BCUT2D eigenvalue weighted by molar-refractivity contribution is -0.0694. The molecule has 0 aliphatic heterocycles. The van der Waals surface area contributed by atoms with Crippen molar-refractivity contribution in [3.8, 4) is 22.5 Å². The molecule has 5 nitrogen and oxygen atoms in total. The zero-order valence-electron chi connectivity index (χ0n) is 20.5. The Morgan fingerprint density at radius 2 is 1.50 bits per heavy atom. The molecule has 0 spiro atoms. The molecule has 5 rings (SSSR count). The van der Waals surface area contributed by atoms with Gasteiger partial charge in [-0.2, -0.15) is 0 Å². The Hall–Kier alpha value is -3.12. The number of aryl methyl sites for hydroxylation is 2. The standard InChI is InChI=1S/C30H31ClN2O3/c1-19(3-4-21-5-15-26(31)16-6-21)32-27-20(2)33-36-28(27)24-9-7-22(8-10-24)23-11-13-25(14-12-23)30(17-18-30)29(34)35/h5-16,19,29,32,34-35H,3-4,17-18H2,1-2H3. The first-order valence-corrected chi connectivity index (χ1v) is 12.8. The van der Waals surface area contributed by atoms with E-state index in [1.807, 2.05) is 55.5 Å². The summed E-state index contributed by atoms with van der Waals surface area (Å²) in [4.78, 5) is 0. The monoisotopic (exact) mass is 502 g/mol. The number of aromatic nitrogens is 1. The maximum Gasteiger partial charge on any atom is 0.190 e. The van der Waals surface area contributed by atoms with Crippen molar-refractivity contribution in [2.75, 3.05) is 5.32 Å². The summed E-state index contributed by atoms with van der Waals surface area (Å²) in [6.45, 7) is 4.12. The predicted octanol–water partition coefficient (Wildman–Crippen LogP) is 6.75. The third kappa shape index (κ3) is 5.05. The van der Waals surface area contributed by atoms with E-state index in [-0.39, 0.29) is 6.04 Å². The highest BCUT2D eigenvalue weighted by Crippen LogP contribution is 2.50. The molecule has 0 bridgehead atoms. The van der Waals surface area contributed by atoms with Gasteiger partial charge in [0, 0.05) is 22.0 Å². The van der Waals surface area contributed by atoms with E-state index >= 15 is 0 Å². The fourth-order valence-corrected chi connectivity index (χ4v) is 4.85. The minimum Gasteiger partial charge on any atom is -0.378 e. The van der Waals surface area contributed by atoms with Crippen LogP contribution < -0.4 is 5.32 Å². The molecule has 4 aromatic rings. The summed E-state index contributed by atoms with van der Waals surface area (Å²) in [5, 5.41) is 28.0. The lowest BCUT2D eigenvalue weighted by atomic mass is 9.93. The van der Waals surface area contributed by atoms with E-state index in [0.717, 1.165) is 70.1 Å². The van der Waals surface area contributed by atoms with Gasteiger partial charge in [0.1, 0.15) is 11.4 Å². The smallest absolute Gasteiger partial charge is 0.190 e. The van der Waals surface area contributed by atoms with E-state index in [1.54, 1.807) is 0 Å². The lowest BCUT2D eigenvalue weighted by Crippen LogP contribution is -2.25. The molecule has 1 aromatic heterocycles. The van der Waals surface area contributed by atoms with Crippen molar-refractivity contribution in [3.63, 3.8) is 0 Å². The fourth-order valence-electron chi connectivity index (χ4n) is 4.73. The van der Waals surface area contributed by atoms with Crippen molar-refractivity contribution >= 4 is 17.3 Å². The van der Waals surface area contributed by atoms with Crippen molar-refractivity contribution in [1.82, 2.24) is 5.16 Å². The van der Waals surface area contributed by atoms with E-state index in [4.69, 9.17) is 16.1 Å². The van der Waals surface area contributed by atoms with Crippen LogP contribution in [0.5, 0.6) is 0 Å². The Labute approximate surface area is 216 Å². The van der Waals surface area contributed by atoms with Gasteiger partial charge in [0.2, 0.25) is 0 Å². The second-order valence-electron chi connectivity index (χ2n) is 9.87. The van der Waals surface area contributed by atoms with Gasteiger partial charge in [-0.1, -0.05) is 77.4 Å². The van der Waals surface area contributed by atoms with Gasteiger partial charge >= 0.3 is 0 Å². The summed E-state index contributed by atoms with van der Waals surface area (Å²) >= 11 is 6.00. The Bertz CT molecular complexity index is 1310. The van der Waals surface area contributed by atoms with Crippen LogP contribution in [0.4, 0.5) is 5.69 Å². The summed E-state index contributed by atoms with van der Waals surface area (Å²) in [6.07, 6.45) is 2.24. The molecule has 1 saturated carbocycles. The Morgan fingerprint density at radius 1 is 0.917 bits per heavy atom. The van der Waals surface area contributed by atoms with Crippen LogP contribution in [0.2, 0.25) is 5.02 Å². The van der Waals surface area contributed by atoms with Crippen molar-refractivity contribution in [1.29, 1.82) is 0 Å². The third-order valence-electron chi connectivity index (χ3n) is 7.26. The molecular weight excluding hydrogens is 472 g/mol. The number of hydrogen-bond acceptors (Lipinski definition) is 5. The number of nitrogens with zero attached hydrogens (tertiary/aromatic N) is 1. The molecule has 6 heteroatoms. The molecule has 1 fully saturated rings. The third-order valence-corrected chi connectivity index (χ3v) is 7.51. The maximum absolute atomic E-state index is 9.72. The Morgan fingerprint density at radius 3 is 2.08 bits per heavy atom. The second kappa shape index (κ2) is 10.1. The van der Waals surface area contributed by atoms with Crippen LogP contribution in [0.15, 0.2) is 77.3 Å². The first-order valence-electron chi connectivity index (χ1n) is 12.4. The van der Waals surface area contributed by atoms with Crippen LogP contribution in [0.25, 0.3) is 22.5 Å². The highest BCUT2D eigenvalue weighted by atomic mass is 35.5. The Kier molecular flexibility index (Phi) is 6.89. The molecule has 0 saturated heterocycles. The summed E-state index contributed by atoms with van der Waals surface area (Å²) in [6, 6.07) is 24.6. The normalized spacial score (nSPS) is 15.2. The van der Waals surface area contributed by atoms with E-state index in [2.05, 4.69) is 41.7 Å². The summed E-state index contributed by atoms with van der Waals surface area (Å²) in [5.74, 6) is 0.736. The number of benzene rings is 3. The summed E-state index contributed by atoms with van der Waals surface area (Å²) in [5.41, 5.74) is 6.65. The van der Waals surface area contributed by atoms with E-state index in [0.29, 0.717) is 0 Å². The zero-order valence-corrected chi connectivity index (χ0v) is 21.3. The number of aliphatic hydroxyl groups is 2. The molecule has 1 aliphatic carbocycles. The second-order valence-corrected chi connectivity index (χ2v) is 10.3. The quantitative estimate of drug-likeness (QED) is 0.221. The highest BCUT2D eigenvalue weighted by Gasteiger charge is 2.49. The Balaban J connectivity index is 1.27. The van der Waals surface area contributed by atoms with Crippen molar-refractivity contribution in [3.05, 3.63) is 94.6 Å². The average molecular weight is 503 g/mol. The van der Waals surface area contributed by atoms with E-state index in [1.165, 1.54) is 5.56 Å². The molecule has 186 valence electrons. The van der Waals surface area contributed by atoms with Gasteiger partial charge in [-0.3, -0.25) is 0 Å². The van der Waals surface area contributed by atoms with Crippen LogP contribution in [0.1, 0.15) is 43.0 Å². The molecule has 1 aliphatic rings. The van der Waals surface area contributed by atoms with Crippen LogP contribution in [-0.4, -0.2) is 27.7 Å². The van der Waals surface area contributed by atoms with Crippen LogP contribution in [-0.2, 0) is 11.8 Å². The summed E-state index contributed by atoms with van der Waals surface area (Å²) in [7, 11) is 0. The number of rotatable bonds is 9. The van der Waals surface area contributed by atoms with Crippen molar-refractivity contribution in [2.24, 2.45) is 0 Å². The molecule has 3 aromatic carbocycles. The van der Waals surface area contributed by atoms with Crippen molar-refractivity contribution in [2.45, 2.75) is 57.3 Å². The van der Waals surface area contributed by atoms with Gasteiger partial charge in [0.15, 0.2) is 12.1 Å². The molecule has 1 atom stereocenters. The predicted molar refractivity (Wildman–Crippen MR) is 144 cm³/mol. The van der Waals surface area contributed by atoms with Gasteiger partial charge in [0.25, 0.3) is 0 Å². The molecule has 1 heterocycles. The molecule has 0 amide bonds. The molecule has 36 heavy (non-hydrogen) atoms. The molecule has 3 N–H and O–H groups in total. The first kappa shape index (κ1) is 24.6.